The van der Waals surface area contributed by atoms with Crippen LogP contribution in [0.15, 0.2) is 41.3 Å². The van der Waals surface area contributed by atoms with Crippen molar-refractivity contribution in [2.75, 3.05) is 5.73 Å². The van der Waals surface area contributed by atoms with Gasteiger partial charge in [0.1, 0.15) is 0 Å². The summed E-state index contributed by atoms with van der Waals surface area (Å²) in [5, 5.41) is 1.45. The van der Waals surface area contributed by atoms with Crippen LogP contribution >= 0.6 is 0 Å². The van der Waals surface area contributed by atoms with Crippen molar-refractivity contribution in [3.8, 4) is 0 Å². The molecule has 112 valence electrons. The van der Waals surface area contributed by atoms with Crippen LogP contribution in [0.4, 0.5) is 5.69 Å². The summed E-state index contributed by atoms with van der Waals surface area (Å²) in [4.78, 5) is 0.304. The monoisotopic (exact) mass is 304 g/mol. The van der Waals surface area contributed by atoms with E-state index in [2.05, 4.69) is 4.72 Å². The summed E-state index contributed by atoms with van der Waals surface area (Å²) in [5.74, 6) is 0.458. The lowest BCUT2D eigenvalue weighted by Gasteiger charge is -2.31. The van der Waals surface area contributed by atoms with Gasteiger partial charge < -0.3 is 5.73 Å². The third-order valence-electron chi connectivity index (χ3n) is 4.41. The highest BCUT2D eigenvalue weighted by atomic mass is 32.2. The molecule has 1 unspecified atom stereocenters. The summed E-state index contributed by atoms with van der Waals surface area (Å²) in [6.45, 7) is 1.95. The van der Waals surface area contributed by atoms with Crippen molar-refractivity contribution in [1.82, 2.24) is 4.72 Å². The Morgan fingerprint density at radius 2 is 1.81 bits per heavy atom. The standard InChI is InChI=1S/C16H20N2O2S/c1-11(12-5-4-6-12)18-21(19,20)16-10-9-15(17)13-7-2-3-8-14(13)16/h2-3,7-12,18H,4-6,17H2,1H3. The Bertz CT molecular complexity index is 767. The minimum Gasteiger partial charge on any atom is -0.398 e. The van der Waals surface area contributed by atoms with Gasteiger partial charge in [0.15, 0.2) is 0 Å². The molecule has 2 aromatic rings. The molecule has 0 aromatic heterocycles. The number of rotatable bonds is 4. The molecule has 0 radical (unpaired) electrons. The number of hydrogen-bond donors (Lipinski definition) is 2. The van der Waals surface area contributed by atoms with Crippen molar-refractivity contribution in [2.24, 2.45) is 5.92 Å². The number of fused-ring (bicyclic) bond motifs is 1. The van der Waals surface area contributed by atoms with Gasteiger partial charge in [-0.15, -0.1) is 0 Å². The van der Waals surface area contributed by atoms with E-state index in [1.54, 1.807) is 18.2 Å². The van der Waals surface area contributed by atoms with Gasteiger partial charge in [0, 0.05) is 22.5 Å². The maximum atomic E-state index is 12.7. The van der Waals surface area contributed by atoms with Gasteiger partial charge in [0.25, 0.3) is 0 Å². The molecular formula is C16H20N2O2S. The number of benzene rings is 2. The van der Waals surface area contributed by atoms with Gasteiger partial charge in [0.2, 0.25) is 10.0 Å². The second-order valence-corrected chi connectivity index (χ2v) is 7.48. The Labute approximate surface area is 125 Å². The van der Waals surface area contributed by atoms with Crippen LogP contribution in [0.1, 0.15) is 26.2 Å². The zero-order valence-corrected chi connectivity index (χ0v) is 12.9. The van der Waals surface area contributed by atoms with Crippen LogP contribution in [0, 0.1) is 5.92 Å². The molecule has 1 fully saturated rings. The molecule has 3 N–H and O–H groups in total. The Balaban J connectivity index is 2.00. The molecule has 5 heteroatoms. The van der Waals surface area contributed by atoms with Crippen LogP contribution in [0.3, 0.4) is 0 Å². The van der Waals surface area contributed by atoms with Gasteiger partial charge in [-0.25, -0.2) is 13.1 Å². The fourth-order valence-corrected chi connectivity index (χ4v) is 4.40. The summed E-state index contributed by atoms with van der Waals surface area (Å²) in [6, 6.07) is 10.6. The van der Waals surface area contributed by atoms with E-state index >= 15 is 0 Å². The zero-order valence-electron chi connectivity index (χ0n) is 12.0. The molecule has 2 aromatic carbocycles. The molecular weight excluding hydrogens is 284 g/mol. The first-order chi connectivity index (χ1) is 9.99. The maximum absolute atomic E-state index is 12.7. The van der Waals surface area contributed by atoms with Crippen molar-refractivity contribution in [2.45, 2.75) is 37.1 Å². The van der Waals surface area contributed by atoms with Crippen molar-refractivity contribution in [3.63, 3.8) is 0 Å². The van der Waals surface area contributed by atoms with E-state index in [0.717, 1.165) is 18.2 Å². The number of hydrogen-bond acceptors (Lipinski definition) is 3. The van der Waals surface area contributed by atoms with Crippen molar-refractivity contribution in [3.05, 3.63) is 36.4 Å². The van der Waals surface area contributed by atoms with Gasteiger partial charge in [-0.3, -0.25) is 0 Å². The van der Waals surface area contributed by atoms with Crippen LogP contribution in [-0.2, 0) is 10.0 Å². The average Bonchev–Trinajstić information content (AvgIpc) is 2.36. The first-order valence-electron chi connectivity index (χ1n) is 7.28. The highest BCUT2D eigenvalue weighted by Gasteiger charge is 2.28. The topological polar surface area (TPSA) is 72.2 Å². The molecule has 0 heterocycles. The van der Waals surface area contributed by atoms with Gasteiger partial charge in [0.05, 0.1) is 4.90 Å². The minimum atomic E-state index is -3.53. The largest absolute Gasteiger partial charge is 0.398 e. The molecule has 0 aliphatic heterocycles. The van der Waals surface area contributed by atoms with Crippen LogP contribution in [-0.4, -0.2) is 14.5 Å². The highest BCUT2D eigenvalue weighted by molar-refractivity contribution is 7.89. The van der Waals surface area contributed by atoms with E-state index in [9.17, 15) is 8.42 Å². The predicted octanol–water partition coefficient (Wildman–Crippen LogP) is 2.89. The summed E-state index contributed by atoms with van der Waals surface area (Å²) in [5.41, 5.74) is 6.53. The number of nitrogen functional groups attached to an aromatic ring is 1. The smallest absolute Gasteiger partial charge is 0.241 e. The van der Waals surface area contributed by atoms with Gasteiger partial charge >= 0.3 is 0 Å². The fourth-order valence-electron chi connectivity index (χ4n) is 2.87. The van der Waals surface area contributed by atoms with E-state index in [0.29, 0.717) is 21.9 Å². The average molecular weight is 304 g/mol. The zero-order chi connectivity index (χ0) is 15.0. The third kappa shape index (κ3) is 2.63. The van der Waals surface area contributed by atoms with Gasteiger partial charge in [-0.2, -0.15) is 0 Å². The fraction of sp³-hybridized carbons (Fsp3) is 0.375. The lowest BCUT2D eigenvalue weighted by atomic mass is 9.81. The van der Waals surface area contributed by atoms with E-state index in [-0.39, 0.29) is 6.04 Å². The van der Waals surface area contributed by atoms with E-state index in [1.807, 2.05) is 25.1 Å². The van der Waals surface area contributed by atoms with Gasteiger partial charge in [-0.1, -0.05) is 30.7 Å². The molecule has 4 nitrogen and oxygen atoms in total. The predicted molar refractivity (Wildman–Crippen MR) is 85.5 cm³/mol. The molecule has 1 aliphatic carbocycles. The molecule has 1 aliphatic rings. The lowest BCUT2D eigenvalue weighted by Crippen LogP contribution is -2.40. The first-order valence-corrected chi connectivity index (χ1v) is 8.77. The molecule has 1 saturated carbocycles. The Morgan fingerprint density at radius 3 is 2.43 bits per heavy atom. The Kier molecular flexibility index (Phi) is 3.63. The van der Waals surface area contributed by atoms with E-state index < -0.39 is 10.0 Å². The van der Waals surface area contributed by atoms with E-state index in [4.69, 9.17) is 5.73 Å². The SMILES string of the molecule is CC(NS(=O)(=O)c1ccc(N)c2ccccc12)C1CCC1. The minimum absolute atomic E-state index is 0.0277. The number of nitrogens with one attached hydrogen (secondary N) is 1. The molecule has 1 atom stereocenters. The van der Waals surface area contributed by atoms with Crippen molar-refractivity contribution in [1.29, 1.82) is 0 Å². The number of sulfonamides is 1. The van der Waals surface area contributed by atoms with Crippen molar-refractivity contribution < 1.29 is 8.42 Å². The molecule has 0 bridgehead atoms. The first kappa shape index (κ1) is 14.4. The molecule has 3 rings (SSSR count). The maximum Gasteiger partial charge on any atom is 0.241 e. The summed E-state index contributed by atoms with van der Waals surface area (Å²) < 4.78 is 28.1. The Morgan fingerprint density at radius 1 is 1.14 bits per heavy atom. The number of anilines is 1. The number of nitrogens with two attached hydrogens (primary N) is 1. The van der Waals surface area contributed by atoms with Crippen LogP contribution in [0.25, 0.3) is 10.8 Å². The summed E-state index contributed by atoms with van der Waals surface area (Å²) in [6.07, 6.45) is 3.40. The summed E-state index contributed by atoms with van der Waals surface area (Å²) in [7, 11) is -3.53. The molecule has 21 heavy (non-hydrogen) atoms. The Hall–Kier alpha value is -1.59. The molecule has 0 amide bonds. The molecule has 0 saturated heterocycles. The second-order valence-electron chi connectivity index (χ2n) is 5.80. The van der Waals surface area contributed by atoms with Crippen LogP contribution in [0.2, 0.25) is 0 Å². The van der Waals surface area contributed by atoms with E-state index in [1.165, 1.54) is 6.42 Å². The second kappa shape index (κ2) is 5.31. The van der Waals surface area contributed by atoms with Gasteiger partial charge in [-0.05, 0) is 37.8 Å². The summed E-state index contributed by atoms with van der Waals surface area (Å²) >= 11 is 0. The quantitative estimate of drug-likeness (QED) is 0.853. The lowest BCUT2D eigenvalue weighted by molar-refractivity contribution is 0.260. The third-order valence-corrected chi connectivity index (χ3v) is 6.02. The highest BCUT2D eigenvalue weighted by Crippen LogP contribution is 2.31. The molecule has 0 spiro atoms. The van der Waals surface area contributed by atoms with Crippen molar-refractivity contribution >= 4 is 26.5 Å². The van der Waals surface area contributed by atoms with Crippen LogP contribution < -0.4 is 10.5 Å². The normalized spacial score (nSPS) is 17.6. The van der Waals surface area contributed by atoms with Crippen LogP contribution in [0.5, 0.6) is 0 Å².